The topological polar surface area (TPSA) is 0 Å². The van der Waals surface area contributed by atoms with Gasteiger partial charge in [-0.3, -0.25) is 0 Å². The molecule has 0 saturated carbocycles. The van der Waals surface area contributed by atoms with Gasteiger partial charge in [0, 0.05) is 9.58 Å². The molecule has 0 amide bonds. The molecule has 100 valence electrons. The summed E-state index contributed by atoms with van der Waals surface area (Å²) in [5.74, 6) is 0.762. The van der Waals surface area contributed by atoms with E-state index in [0.717, 1.165) is 5.92 Å². The Morgan fingerprint density at radius 3 is 2.89 bits per heavy atom. The standard InChI is InChI=1S/C18H22S/c1-3-4-14-6-9-15(10-7-14)18-12-16-8-5-13(2)11-17(16)19-18/h5-6,8,11-12,15H,3-4,7,9-10H2,1-2H3. The summed E-state index contributed by atoms with van der Waals surface area (Å²) in [6.07, 6.45) is 9.01. The Hall–Kier alpha value is -1.08. The highest BCUT2D eigenvalue weighted by Crippen LogP contribution is 2.39. The Bertz CT molecular complexity index is 603. The summed E-state index contributed by atoms with van der Waals surface area (Å²) in [5, 5.41) is 1.42. The van der Waals surface area contributed by atoms with Crippen LogP contribution in [0.2, 0.25) is 0 Å². The molecule has 2 aromatic rings. The van der Waals surface area contributed by atoms with Crippen LogP contribution >= 0.6 is 11.3 Å². The SMILES string of the molecule is CCCC1=CCC(c2cc3ccc(C)cc3s2)CC1. The van der Waals surface area contributed by atoms with Crippen LogP contribution < -0.4 is 0 Å². The molecule has 1 heterocycles. The molecule has 0 nitrogen and oxygen atoms in total. The molecular formula is C18H22S. The lowest BCUT2D eigenvalue weighted by Crippen LogP contribution is -2.02. The molecule has 0 spiro atoms. The lowest BCUT2D eigenvalue weighted by atomic mass is 9.87. The van der Waals surface area contributed by atoms with Crippen LogP contribution in [0.15, 0.2) is 35.9 Å². The van der Waals surface area contributed by atoms with Crippen molar-refractivity contribution in [3.05, 3.63) is 46.4 Å². The summed E-state index contributed by atoms with van der Waals surface area (Å²) in [4.78, 5) is 1.59. The molecule has 1 heteroatoms. The third-order valence-electron chi connectivity index (χ3n) is 4.17. The highest BCUT2D eigenvalue weighted by atomic mass is 32.1. The van der Waals surface area contributed by atoms with E-state index in [9.17, 15) is 0 Å². The van der Waals surface area contributed by atoms with E-state index < -0.39 is 0 Å². The third-order valence-corrected chi connectivity index (χ3v) is 5.43. The van der Waals surface area contributed by atoms with Gasteiger partial charge in [0.2, 0.25) is 0 Å². The first-order valence-electron chi connectivity index (χ1n) is 7.44. The van der Waals surface area contributed by atoms with Gasteiger partial charge in [0.1, 0.15) is 0 Å². The number of hydrogen-bond acceptors (Lipinski definition) is 1. The number of fused-ring (bicyclic) bond motifs is 1. The molecule has 0 aliphatic heterocycles. The molecule has 1 aromatic heterocycles. The highest BCUT2D eigenvalue weighted by molar-refractivity contribution is 7.19. The summed E-state index contributed by atoms with van der Waals surface area (Å²) in [5.41, 5.74) is 3.06. The fraction of sp³-hybridized carbons (Fsp3) is 0.444. The molecule has 1 unspecified atom stereocenters. The van der Waals surface area contributed by atoms with Crippen molar-refractivity contribution < 1.29 is 0 Å². The summed E-state index contributed by atoms with van der Waals surface area (Å²) in [6.45, 7) is 4.46. The van der Waals surface area contributed by atoms with E-state index in [1.807, 2.05) is 11.3 Å². The summed E-state index contributed by atoms with van der Waals surface area (Å²) in [6, 6.07) is 9.23. The molecule has 1 aromatic carbocycles. The number of thiophene rings is 1. The van der Waals surface area contributed by atoms with Gasteiger partial charge in [0.15, 0.2) is 0 Å². The zero-order valence-corrected chi connectivity index (χ0v) is 12.7. The van der Waals surface area contributed by atoms with Gasteiger partial charge in [-0.2, -0.15) is 0 Å². The number of allylic oxidation sites excluding steroid dienone is 2. The zero-order chi connectivity index (χ0) is 13.2. The highest BCUT2D eigenvalue weighted by Gasteiger charge is 2.18. The molecule has 0 saturated heterocycles. The molecule has 19 heavy (non-hydrogen) atoms. The van der Waals surface area contributed by atoms with Crippen LogP contribution in [0.3, 0.4) is 0 Å². The van der Waals surface area contributed by atoms with E-state index in [1.165, 1.54) is 47.8 Å². The van der Waals surface area contributed by atoms with Crippen LogP contribution in [0.5, 0.6) is 0 Å². The number of benzene rings is 1. The van der Waals surface area contributed by atoms with E-state index >= 15 is 0 Å². The van der Waals surface area contributed by atoms with Crippen molar-refractivity contribution in [2.45, 2.75) is 51.9 Å². The maximum atomic E-state index is 2.51. The van der Waals surface area contributed by atoms with E-state index in [2.05, 4.69) is 44.2 Å². The molecule has 0 bridgehead atoms. The molecule has 1 atom stereocenters. The van der Waals surface area contributed by atoms with E-state index in [-0.39, 0.29) is 0 Å². The Morgan fingerprint density at radius 2 is 2.16 bits per heavy atom. The average Bonchev–Trinajstić information content (AvgIpc) is 2.83. The van der Waals surface area contributed by atoms with Crippen LogP contribution in [0.25, 0.3) is 10.1 Å². The quantitative estimate of drug-likeness (QED) is 0.582. The Balaban J connectivity index is 1.82. The second-order valence-electron chi connectivity index (χ2n) is 5.77. The molecule has 1 aliphatic carbocycles. The number of rotatable bonds is 3. The fourth-order valence-corrected chi connectivity index (χ4v) is 4.37. The van der Waals surface area contributed by atoms with E-state index in [0.29, 0.717) is 0 Å². The largest absolute Gasteiger partial charge is 0.140 e. The molecular weight excluding hydrogens is 248 g/mol. The lowest BCUT2D eigenvalue weighted by Gasteiger charge is -2.20. The summed E-state index contributed by atoms with van der Waals surface area (Å²) < 4.78 is 1.46. The van der Waals surface area contributed by atoms with E-state index in [1.54, 1.807) is 10.5 Å². The minimum absolute atomic E-state index is 0.762. The van der Waals surface area contributed by atoms with Gasteiger partial charge in [-0.05, 0) is 61.6 Å². The fourth-order valence-electron chi connectivity index (χ4n) is 3.06. The Morgan fingerprint density at radius 1 is 1.26 bits per heavy atom. The number of aryl methyl sites for hydroxylation is 1. The minimum atomic E-state index is 0.762. The maximum absolute atomic E-state index is 2.51. The van der Waals surface area contributed by atoms with Crippen LogP contribution in [0.4, 0.5) is 0 Å². The van der Waals surface area contributed by atoms with Crippen molar-refractivity contribution in [2.24, 2.45) is 0 Å². The zero-order valence-electron chi connectivity index (χ0n) is 11.9. The van der Waals surface area contributed by atoms with Gasteiger partial charge in [0.25, 0.3) is 0 Å². The first-order valence-corrected chi connectivity index (χ1v) is 8.26. The predicted molar refractivity (Wildman–Crippen MR) is 86.1 cm³/mol. The molecule has 0 N–H and O–H groups in total. The van der Waals surface area contributed by atoms with Crippen molar-refractivity contribution in [1.82, 2.24) is 0 Å². The first-order chi connectivity index (χ1) is 9.26. The van der Waals surface area contributed by atoms with Crippen LogP contribution in [-0.2, 0) is 0 Å². The van der Waals surface area contributed by atoms with Gasteiger partial charge < -0.3 is 0 Å². The molecule has 0 fully saturated rings. The van der Waals surface area contributed by atoms with Crippen LogP contribution in [-0.4, -0.2) is 0 Å². The molecule has 3 rings (SSSR count). The van der Waals surface area contributed by atoms with Crippen molar-refractivity contribution >= 4 is 21.4 Å². The van der Waals surface area contributed by atoms with Crippen LogP contribution in [0.1, 0.15) is 55.4 Å². The summed E-state index contributed by atoms with van der Waals surface area (Å²) >= 11 is 2.00. The monoisotopic (exact) mass is 270 g/mol. The van der Waals surface area contributed by atoms with Crippen LogP contribution in [0, 0.1) is 6.92 Å². The maximum Gasteiger partial charge on any atom is 0.0348 e. The Kier molecular flexibility index (Phi) is 3.74. The second-order valence-corrected chi connectivity index (χ2v) is 6.89. The van der Waals surface area contributed by atoms with Gasteiger partial charge in [-0.25, -0.2) is 0 Å². The van der Waals surface area contributed by atoms with Crippen molar-refractivity contribution in [3.63, 3.8) is 0 Å². The third kappa shape index (κ3) is 2.76. The van der Waals surface area contributed by atoms with Gasteiger partial charge in [0.05, 0.1) is 0 Å². The average molecular weight is 270 g/mol. The smallest absolute Gasteiger partial charge is 0.0348 e. The van der Waals surface area contributed by atoms with Gasteiger partial charge in [-0.15, -0.1) is 11.3 Å². The number of hydrogen-bond donors (Lipinski definition) is 0. The van der Waals surface area contributed by atoms with Crippen molar-refractivity contribution in [1.29, 1.82) is 0 Å². The predicted octanol–water partition coefficient (Wildman–Crippen LogP) is 6.20. The Labute approximate surface area is 120 Å². The van der Waals surface area contributed by atoms with Gasteiger partial charge in [-0.1, -0.05) is 37.1 Å². The summed E-state index contributed by atoms with van der Waals surface area (Å²) in [7, 11) is 0. The minimum Gasteiger partial charge on any atom is -0.140 e. The second kappa shape index (κ2) is 5.50. The molecule has 1 aliphatic rings. The van der Waals surface area contributed by atoms with Gasteiger partial charge >= 0.3 is 0 Å². The molecule has 0 radical (unpaired) electrons. The van der Waals surface area contributed by atoms with Crippen molar-refractivity contribution in [2.75, 3.05) is 0 Å². The van der Waals surface area contributed by atoms with Crippen molar-refractivity contribution in [3.8, 4) is 0 Å². The lowest BCUT2D eigenvalue weighted by molar-refractivity contribution is 0.591. The van der Waals surface area contributed by atoms with E-state index in [4.69, 9.17) is 0 Å². The normalized spacial score (nSPS) is 19.7. The first kappa shape index (κ1) is 12.9.